The second-order valence-corrected chi connectivity index (χ2v) is 8.92. The topological polar surface area (TPSA) is 32.9 Å². The zero-order valence-corrected chi connectivity index (χ0v) is 18.0. The summed E-state index contributed by atoms with van der Waals surface area (Å²) >= 11 is 7.45. The minimum absolute atomic E-state index is 0.300. The van der Waals surface area contributed by atoms with Crippen LogP contribution < -0.4 is 20.4 Å². The van der Waals surface area contributed by atoms with Gasteiger partial charge < -0.3 is 20.4 Å². The standard InChI is InChI=1S/C21H30N4S2/c1-17(23-21(26)22-11-10-18-7-4-3-5-8-18)20(19-9-6-16-27-19)25-14-12-24(2)13-15-25/h3-9,16-17,20H,10-15H2,1-2H3,(H2,22,23,26)/p+2/t17-,20-/m1/s1. The van der Waals surface area contributed by atoms with Crippen LogP contribution in [0.15, 0.2) is 47.8 Å². The van der Waals surface area contributed by atoms with Gasteiger partial charge in [-0.3, -0.25) is 0 Å². The van der Waals surface area contributed by atoms with Crippen molar-refractivity contribution in [1.82, 2.24) is 10.6 Å². The minimum Gasteiger partial charge on any atom is -0.362 e. The van der Waals surface area contributed by atoms with Crippen molar-refractivity contribution in [2.75, 3.05) is 39.8 Å². The Morgan fingerprint density at radius 3 is 2.52 bits per heavy atom. The maximum Gasteiger partial charge on any atom is 0.166 e. The fourth-order valence-electron chi connectivity index (χ4n) is 3.88. The second-order valence-electron chi connectivity index (χ2n) is 7.53. The Kier molecular flexibility index (Phi) is 7.64. The molecule has 146 valence electrons. The van der Waals surface area contributed by atoms with Crippen molar-refractivity contribution in [2.45, 2.75) is 25.4 Å². The molecule has 1 aliphatic rings. The summed E-state index contributed by atoms with van der Waals surface area (Å²) < 4.78 is 0. The molecule has 1 aromatic carbocycles. The van der Waals surface area contributed by atoms with E-state index in [1.807, 2.05) is 11.3 Å². The van der Waals surface area contributed by atoms with Crippen LogP contribution in [0.4, 0.5) is 0 Å². The van der Waals surface area contributed by atoms with Crippen LogP contribution in [0, 0.1) is 0 Å². The quantitative estimate of drug-likeness (QED) is 0.501. The molecule has 0 spiro atoms. The Hall–Kier alpha value is -1.47. The van der Waals surface area contributed by atoms with Gasteiger partial charge in [-0.1, -0.05) is 36.4 Å². The van der Waals surface area contributed by atoms with Gasteiger partial charge in [0, 0.05) is 6.54 Å². The fraction of sp³-hybridized carbons (Fsp3) is 0.476. The van der Waals surface area contributed by atoms with Crippen LogP contribution >= 0.6 is 23.6 Å². The normalized spacial score (nSPS) is 22.0. The van der Waals surface area contributed by atoms with Crippen LogP contribution in [0.25, 0.3) is 0 Å². The zero-order valence-electron chi connectivity index (χ0n) is 16.3. The molecular formula is C21H32N4S2+2. The summed E-state index contributed by atoms with van der Waals surface area (Å²) in [5.41, 5.74) is 1.33. The molecular weight excluding hydrogens is 372 g/mol. The van der Waals surface area contributed by atoms with Gasteiger partial charge in [0.15, 0.2) is 5.11 Å². The summed E-state index contributed by atoms with van der Waals surface area (Å²) in [4.78, 5) is 4.77. The number of benzene rings is 1. The van der Waals surface area contributed by atoms with Crippen LogP contribution in [0.5, 0.6) is 0 Å². The van der Waals surface area contributed by atoms with E-state index in [4.69, 9.17) is 12.2 Å². The van der Waals surface area contributed by atoms with E-state index in [-0.39, 0.29) is 0 Å². The molecule has 1 aliphatic heterocycles. The van der Waals surface area contributed by atoms with Crippen LogP contribution in [0.2, 0.25) is 0 Å². The number of hydrogen-bond acceptors (Lipinski definition) is 2. The van der Waals surface area contributed by atoms with Gasteiger partial charge in [-0.2, -0.15) is 0 Å². The zero-order chi connectivity index (χ0) is 19.1. The maximum absolute atomic E-state index is 5.58. The smallest absolute Gasteiger partial charge is 0.166 e. The third-order valence-corrected chi connectivity index (χ3v) is 6.65. The lowest BCUT2D eigenvalue weighted by Gasteiger charge is -2.36. The van der Waals surface area contributed by atoms with Gasteiger partial charge in [0.1, 0.15) is 32.2 Å². The summed E-state index contributed by atoms with van der Waals surface area (Å²) in [7, 11) is 2.30. The first-order valence-corrected chi connectivity index (χ1v) is 11.2. The first kappa shape index (κ1) is 20.3. The van der Waals surface area contributed by atoms with E-state index in [0.717, 1.165) is 18.1 Å². The third kappa shape index (κ3) is 6.01. The Bertz CT molecular complexity index is 681. The number of rotatable bonds is 7. The molecule has 6 heteroatoms. The molecule has 4 N–H and O–H groups in total. The van der Waals surface area contributed by atoms with Crippen LogP contribution in [-0.2, 0) is 6.42 Å². The molecule has 4 nitrogen and oxygen atoms in total. The van der Waals surface area contributed by atoms with Gasteiger partial charge in [-0.05, 0) is 42.6 Å². The van der Waals surface area contributed by atoms with E-state index < -0.39 is 0 Å². The van der Waals surface area contributed by atoms with Gasteiger partial charge in [0.05, 0.1) is 18.0 Å². The molecule has 0 unspecified atom stereocenters. The largest absolute Gasteiger partial charge is 0.362 e. The summed E-state index contributed by atoms with van der Waals surface area (Å²) in [5.74, 6) is 0. The van der Waals surface area contributed by atoms with E-state index in [2.05, 4.69) is 72.4 Å². The van der Waals surface area contributed by atoms with Crippen LogP contribution in [0.3, 0.4) is 0 Å². The molecule has 27 heavy (non-hydrogen) atoms. The van der Waals surface area contributed by atoms with Gasteiger partial charge in [-0.25, -0.2) is 0 Å². The van der Waals surface area contributed by atoms with Crippen molar-refractivity contribution < 1.29 is 9.80 Å². The van der Waals surface area contributed by atoms with Crippen LogP contribution in [0.1, 0.15) is 23.4 Å². The highest BCUT2D eigenvalue weighted by Crippen LogP contribution is 2.19. The lowest BCUT2D eigenvalue weighted by Crippen LogP contribution is -3.27. The summed E-state index contributed by atoms with van der Waals surface area (Å²) in [6.07, 6.45) is 0.984. The third-order valence-electron chi connectivity index (χ3n) is 5.44. The monoisotopic (exact) mass is 404 g/mol. The molecule has 1 fully saturated rings. The Balaban J connectivity index is 1.54. The molecule has 1 aromatic heterocycles. The molecule has 0 bridgehead atoms. The Morgan fingerprint density at radius 1 is 1.11 bits per heavy atom. The first-order valence-electron chi connectivity index (χ1n) is 9.91. The van der Waals surface area contributed by atoms with Crippen molar-refractivity contribution >= 4 is 28.7 Å². The Morgan fingerprint density at radius 2 is 1.85 bits per heavy atom. The first-order chi connectivity index (χ1) is 13.1. The summed E-state index contributed by atoms with van der Waals surface area (Å²) in [5, 5.41) is 9.89. The molecule has 2 atom stereocenters. The fourth-order valence-corrected chi connectivity index (χ4v) is 5.16. The minimum atomic E-state index is 0.300. The highest BCUT2D eigenvalue weighted by molar-refractivity contribution is 7.80. The highest BCUT2D eigenvalue weighted by Gasteiger charge is 2.34. The van der Waals surface area contributed by atoms with Crippen LogP contribution in [-0.4, -0.2) is 50.9 Å². The lowest BCUT2D eigenvalue weighted by molar-refractivity contribution is -1.02. The average molecular weight is 405 g/mol. The predicted octanol–water partition coefficient (Wildman–Crippen LogP) is 0.298. The van der Waals surface area contributed by atoms with Crippen molar-refractivity contribution in [3.63, 3.8) is 0 Å². The molecule has 2 heterocycles. The van der Waals surface area contributed by atoms with Crippen molar-refractivity contribution in [1.29, 1.82) is 0 Å². The van der Waals surface area contributed by atoms with Gasteiger partial charge in [0.25, 0.3) is 0 Å². The predicted molar refractivity (Wildman–Crippen MR) is 118 cm³/mol. The maximum atomic E-state index is 5.58. The number of thiophene rings is 1. The van der Waals surface area contributed by atoms with Gasteiger partial charge in [0.2, 0.25) is 0 Å². The van der Waals surface area contributed by atoms with E-state index in [9.17, 15) is 0 Å². The van der Waals surface area contributed by atoms with Gasteiger partial charge in [-0.15, -0.1) is 11.3 Å². The molecule has 0 aliphatic carbocycles. The van der Waals surface area contributed by atoms with Gasteiger partial charge >= 0.3 is 0 Å². The van der Waals surface area contributed by atoms with E-state index in [1.165, 1.54) is 36.6 Å². The number of nitrogens with one attached hydrogen (secondary N) is 4. The van der Waals surface area contributed by atoms with Crippen molar-refractivity contribution in [3.05, 3.63) is 58.3 Å². The van der Waals surface area contributed by atoms with Crippen molar-refractivity contribution in [2.24, 2.45) is 0 Å². The number of quaternary nitrogens is 2. The SMILES string of the molecule is C[C@@H](NC(=S)NCCc1ccccc1)[C@H](c1cccs1)[NH+]1CC[NH+](C)CC1. The summed E-state index contributed by atoms with van der Waals surface area (Å²) in [6.45, 7) is 8.04. The van der Waals surface area contributed by atoms with Crippen molar-refractivity contribution in [3.8, 4) is 0 Å². The molecule has 0 amide bonds. The number of likely N-dealkylation sites (N-methyl/N-ethyl adjacent to an activating group) is 1. The molecule has 3 rings (SSSR count). The second kappa shape index (κ2) is 10.2. The molecule has 0 radical (unpaired) electrons. The van der Waals surface area contributed by atoms with E-state index in [1.54, 1.807) is 9.80 Å². The number of hydrogen-bond donors (Lipinski definition) is 4. The molecule has 2 aromatic rings. The summed E-state index contributed by atoms with van der Waals surface area (Å²) in [6, 6.07) is 15.7. The van der Waals surface area contributed by atoms with E-state index in [0.29, 0.717) is 12.1 Å². The lowest BCUT2D eigenvalue weighted by atomic mass is 10.1. The highest BCUT2D eigenvalue weighted by atomic mass is 32.1. The number of thiocarbonyl (C=S) groups is 1. The van der Waals surface area contributed by atoms with E-state index >= 15 is 0 Å². The average Bonchev–Trinajstić information content (AvgIpc) is 3.18. The Labute approximate surface area is 172 Å². The number of piperazine rings is 1. The molecule has 1 saturated heterocycles. The molecule has 0 saturated carbocycles.